The fraction of sp³-hybridized carbons (Fsp3) is 0.538. The summed E-state index contributed by atoms with van der Waals surface area (Å²) in [7, 11) is 1.94. The number of fused-ring (bicyclic) bond motifs is 1. The van der Waals surface area contributed by atoms with Crippen LogP contribution < -0.4 is 5.32 Å². The van der Waals surface area contributed by atoms with E-state index in [1.165, 1.54) is 28.2 Å². The van der Waals surface area contributed by atoms with Crippen LogP contribution in [0.1, 0.15) is 24.0 Å². The highest BCUT2D eigenvalue weighted by molar-refractivity contribution is 7.99. The average Bonchev–Trinajstić information content (AvgIpc) is 2.77. The topological polar surface area (TPSA) is 32.3 Å². The van der Waals surface area contributed by atoms with Crippen LogP contribution in [0.4, 0.5) is 0 Å². The summed E-state index contributed by atoms with van der Waals surface area (Å²) in [6.07, 6.45) is 1.19. The fourth-order valence-corrected chi connectivity index (χ4v) is 3.28. The normalized spacial score (nSPS) is 18.2. The lowest BCUT2D eigenvalue weighted by Gasteiger charge is -2.22. The molecule has 0 spiro atoms. The van der Waals surface area contributed by atoms with Gasteiger partial charge in [0.1, 0.15) is 0 Å². The molecule has 0 amide bonds. The molecule has 0 radical (unpaired) electrons. The number of benzene rings is 1. The first-order valence-corrected chi connectivity index (χ1v) is 6.78. The molecule has 1 aromatic rings. The molecule has 1 heterocycles. The molecule has 0 saturated heterocycles. The molecule has 1 aliphatic rings. The minimum Gasteiger partial charge on any atom is -0.396 e. The Hall–Kier alpha value is -0.510. The molecular weight excluding hydrogens is 218 g/mol. The highest BCUT2D eigenvalue weighted by atomic mass is 32.2. The van der Waals surface area contributed by atoms with Crippen LogP contribution in [-0.4, -0.2) is 30.6 Å². The lowest BCUT2D eigenvalue weighted by Crippen LogP contribution is -2.31. The Morgan fingerprint density at radius 1 is 1.50 bits per heavy atom. The predicted octanol–water partition coefficient (Wildman–Crippen LogP) is 2.02. The van der Waals surface area contributed by atoms with Gasteiger partial charge in [0.05, 0.1) is 6.61 Å². The maximum absolute atomic E-state index is 9.48. The van der Waals surface area contributed by atoms with Crippen molar-refractivity contribution in [2.45, 2.75) is 30.2 Å². The van der Waals surface area contributed by atoms with Gasteiger partial charge in [0.2, 0.25) is 0 Å². The third kappa shape index (κ3) is 2.26. The maximum atomic E-state index is 9.48. The van der Waals surface area contributed by atoms with Crippen molar-refractivity contribution in [2.24, 2.45) is 0 Å². The lowest BCUT2D eigenvalue weighted by atomic mass is 9.92. The van der Waals surface area contributed by atoms with Gasteiger partial charge in [-0.15, -0.1) is 11.8 Å². The monoisotopic (exact) mass is 237 g/mol. The van der Waals surface area contributed by atoms with Gasteiger partial charge < -0.3 is 10.4 Å². The summed E-state index contributed by atoms with van der Waals surface area (Å²) in [4.78, 5) is 1.40. The highest BCUT2D eigenvalue weighted by Crippen LogP contribution is 2.34. The Kier molecular flexibility index (Phi) is 3.90. The van der Waals surface area contributed by atoms with Crippen LogP contribution in [0.3, 0.4) is 0 Å². The first-order chi connectivity index (χ1) is 7.76. The van der Waals surface area contributed by atoms with E-state index in [9.17, 15) is 5.11 Å². The van der Waals surface area contributed by atoms with Crippen molar-refractivity contribution in [3.8, 4) is 0 Å². The van der Waals surface area contributed by atoms with Crippen LogP contribution in [0.5, 0.6) is 0 Å². The Bertz CT molecular complexity index is 367. The Labute approximate surface area is 101 Å². The molecule has 1 aromatic carbocycles. The van der Waals surface area contributed by atoms with Crippen molar-refractivity contribution in [3.05, 3.63) is 29.3 Å². The van der Waals surface area contributed by atoms with Crippen molar-refractivity contribution < 1.29 is 5.11 Å². The molecule has 0 aromatic heterocycles. The molecule has 88 valence electrons. The fourth-order valence-electron chi connectivity index (χ4n) is 2.17. The van der Waals surface area contributed by atoms with Gasteiger partial charge in [-0.3, -0.25) is 0 Å². The number of aliphatic hydroxyl groups excluding tert-OH is 1. The molecule has 0 saturated carbocycles. The minimum absolute atomic E-state index is 0.191. The van der Waals surface area contributed by atoms with Crippen LogP contribution in [-0.2, 0) is 6.42 Å². The number of likely N-dealkylation sites (N-methyl/N-ethyl adjacent to an activating group) is 1. The second-order valence-electron chi connectivity index (χ2n) is 4.33. The summed E-state index contributed by atoms with van der Waals surface area (Å²) in [6.45, 7) is 2.31. The predicted molar refractivity (Wildman–Crippen MR) is 69.2 cm³/mol. The number of rotatable bonds is 4. The van der Waals surface area contributed by atoms with Crippen LogP contribution in [0.25, 0.3) is 0 Å². The SMILES string of the molecule is CNC(C)C(CO)c1ccc2c(c1)SCC2. The molecule has 0 fully saturated rings. The number of thioether (sulfide) groups is 1. The van der Waals surface area contributed by atoms with E-state index in [4.69, 9.17) is 0 Å². The largest absolute Gasteiger partial charge is 0.396 e. The van der Waals surface area contributed by atoms with E-state index in [1.807, 2.05) is 18.8 Å². The maximum Gasteiger partial charge on any atom is 0.0514 e. The van der Waals surface area contributed by atoms with Crippen molar-refractivity contribution >= 4 is 11.8 Å². The van der Waals surface area contributed by atoms with Gasteiger partial charge in [0.15, 0.2) is 0 Å². The van der Waals surface area contributed by atoms with Gasteiger partial charge in [-0.2, -0.15) is 0 Å². The van der Waals surface area contributed by atoms with E-state index in [-0.39, 0.29) is 12.5 Å². The molecule has 2 nitrogen and oxygen atoms in total. The van der Waals surface area contributed by atoms with Gasteiger partial charge in [0.25, 0.3) is 0 Å². The number of hydrogen-bond acceptors (Lipinski definition) is 3. The second-order valence-corrected chi connectivity index (χ2v) is 5.47. The molecule has 2 unspecified atom stereocenters. The van der Waals surface area contributed by atoms with Crippen LogP contribution in [0.2, 0.25) is 0 Å². The third-order valence-electron chi connectivity index (χ3n) is 3.40. The summed E-state index contributed by atoms with van der Waals surface area (Å²) in [5.74, 6) is 1.39. The standard InChI is InChI=1S/C13H19NOS/c1-9(14-2)12(8-15)11-4-3-10-5-6-16-13(10)7-11/h3-4,7,9,12,14-15H,5-6,8H2,1-2H3. The van der Waals surface area contributed by atoms with Crippen LogP contribution >= 0.6 is 11.8 Å². The van der Waals surface area contributed by atoms with Crippen LogP contribution in [0, 0.1) is 0 Å². The molecular formula is C13H19NOS. The van der Waals surface area contributed by atoms with E-state index in [1.54, 1.807) is 0 Å². The Balaban J connectivity index is 2.25. The Morgan fingerprint density at radius 3 is 3.00 bits per heavy atom. The number of nitrogens with one attached hydrogen (secondary N) is 1. The smallest absolute Gasteiger partial charge is 0.0514 e. The summed E-state index contributed by atoms with van der Waals surface area (Å²) in [5.41, 5.74) is 2.71. The van der Waals surface area contributed by atoms with Crippen molar-refractivity contribution in [2.75, 3.05) is 19.4 Å². The molecule has 0 aliphatic carbocycles. The average molecular weight is 237 g/mol. The number of aryl methyl sites for hydroxylation is 1. The highest BCUT2D eigenvalue weighted by Gasteiger charge is 2.19. The first-order valence-electron chi connectivity index (χ1n) is 5.80. The summed E-state index contributed by atoms with van der Waals surface area (Å²) in [6, 6.07) is 6.94. The zero-order chi connectivity index (χ0) is 11.5. The van der Waals surface area contributed by atoms with E-state index in [0.717, 1.165) is 0 Å². The van der Waals surface area contributed by atoms with Gasteiger partial charge >= 0.3 is 0 Å². The zero-order valence-electron chi connectivity index (χ0n) is 9.86. The molecule has 2 N–H and O–H groups in total. The third-order valence-corrected chi connectivity index (χ3v) is 4.50. The lowest BCUT2D eigenvalue weighted by molar-refractivity contribution is 0.243. The molecule has 2 rings (SSSR count). The number of aliphatic hydroxyl groups is 1. The Morgan fingerprint density at radius 2 is 2.31 bits per heavy atom. The first kappa shape index (κ1) is 12.0. The molecule has 1 aliphatic heterocycles. The van der Waals surface area contributed by atoms with Crippen molar-refractivity contribution in [3.63, 3.8) is 0 Å². The van der Waals surface area contributed by atoms with Crippen LogP contribution in [0.15, 0.2) is 23.1 Å². The quantitative estimate of drug-likeness (QED) is 0.840. The number of hydrogen-bond donors (Lipinski definition) is 2. The molecule has 3 heteroatoms. The van der Waals surface area contributed by atoms with Crippen molar-refractivity contribution in [1.82, 2.24) is 5.32 Å². The van der Waals surface area contributed by atoms with E-state index in [2.05, 4.69) is 30.4 Å². The summed E-state index contributed by atoms with van der Waals surface area (Å²) >= 11 is 1.93. The van der Waals surface area contributed by atoms with E-state index >= 15 is 0 Å². The zero-order valence-corrected chi connectivity index (χ0v) is 10.7. The molecule has 0 bridgehead atoms. The van der Waals surface area contributed by atoms with Gasteiger partial charge in [-0.25, -0.2) is 0 Å². The van der Waals surface area contributed by atoms with E-state index in [0.29, 0.717) is 6.04 Å². The minimum atomic E-state index is 0.191. The van der Waals surface area contributed by atoms with Crippen molar-refractivity contribution in [1.29, 1.82) is 0 Å². The summed E-state index contributed by atoms with van der Waals surface area (Å²) < 4.78 is 0. The van der Waals surface area contributed by atoms with E-state index < -0.39 is 0 Å². The summed E-state index contributed by atoms with van der Waals surface area (Å²) in [5, 5.41) is 12.7. The molecule has 2 atom stereocenters. The van der Waals surface area contributed by atoms with Gasteiger partial charge in [-0.05, 0) is 37.6 Å². The van der Waals surface area contributed by atoms with Gasteiger partial charge in [-0.1, -0.05) is 12.1 Å². The second kappa shape index (κ2) is 5.21. The molecule has 16 heavy (non-hydrogen) atoms. The van der Waals surface area contributed by atoms with Gasteiger partial charge in [0, 0.05) is 22.6 Å².